The van der Waals surface area contributed by atoms with Gasteiger partial charge in [0.25, 0.3) is 5.91 Å². The van der Waals surface area contributed by atoms with Crippen molar-refractivity contribution in [1.82, 2.24) is 14.3 Å². The molecule has 3 heterocycles. The number of rotatable bonds is 4. The molecule has 4 rings (SSSR count). The Morgan fingerprint density at radius 2 is 2.15 bits per heavy atom. The lowest BCUT2D eigenvalue weighted by atomic mass is 10.1. The highest BCUT2D eigenvalue weighted by molar-refractivity contribution is 7.03. The Hall–Kier alpha value is -2.51. The number of aryl methyl sites for hydroxylation is 1. The van der Waals surface area contributed by atoms with Crippen molar-refractivity contribution in [2.24, 2.45) is 0 Å². The largest absolute Gasteiger partial charge is 0.484 e. The third kappa shape index (κ3) is 3.54. The number of ether oxygens (including phenoxy) is 2. The number of hydrogen-bond acceptors (Lipinski definition) is 6. The third-order valence-electron chi connectivity index (χ3n) is 4.44. The number of fused-ring (bicyclic) bond motifs is 1. The molecule has 2 aromatic heterocycles. The molecule has 1 aromatic carbocycles. The molecule has 1 aliphatic rings. The number of amides is 1. The van der Waals surface area contributed by atoms with Crippen molar-refractivity contribution < 1.29 is 14.3 Å². The molecule has 6 nitrogen and oxygen atoms in total. The fourth-order valence-electron chi connectivity index (χ4n) is 2.99. The van der Waals surface area contributed by atoms with Crippen LogP contribution in [0.25, 0.3) is 22.2 Å². The summed E-state index contributed by atoms with van der Waals surface area (Å²) in [6, 6.07) is 7.78. The van der Waals surface area contributed by atoms with Crippen LogP contribution in [0.15, 0.2) is 35.8 Å². The minimum atomic E-state index is -0.0106. The Morgan fingerprint density at radius 1 is 1.31 bits per heavy atom. The van der Waals surface area contributed by atoms with Crippen molar-refractivity contribution in [3.63, 3.8) is 0 Å². The number of carbonyl (C=O) groups is 1. The maximum absolute atomic E-state index is 12.2. The van der Waals surface area contributed by atoms with Crippen LogP contribution < -0.4 is 4.74 Å². The van der Waals surface area contributed by atoms with Crippen molar-refractivity contribution in [1.29, 1.82) is 0 Å². The molecule has 0 radical (unpaired) electrons. The molecular weight excluding hydrogens is 350 g/mol. The highest BCUT2D eigenvalue weighted by Crippen LogP contribution is 2.27. The van der Waals surface area contributed by atoms with Crippen LogP contribution in [0, 0.1) is 6.92 Å². The van der Waals surface area contributed by atoms with Gasteiger partial charge in [-0.25, -0.2) is 9.36 Å². The molecule has 1 amide bonds. The quantitative estimate of drug-likeness (QED) is 0.708. The second kappa shape index (κ2) is 7.39. The summed E-state index contributed by atoms with van der Waals surface area (Å²) in [4.78, 5) is 18.7. The maximum Gasteiger partial charge on any atom is 0.260 e. The van der Waals surface area contributed by atoms with E-state index in [9.17, 15) is 4.79 Å². The average Bonchev–Trinajstić information content (AvgIpc) is 3.22. The van der Waals surface area contributed by atoms with E-state index in [0.29, 0.717) is 32.1 Å². The van der Waals surface area contributed by atoms with Crippen LogP contribution in [0.1, 0.15) is 5.56 Å². The van der Waals surface area contributed by atoms with Crippen LogP contribution in [0.4, 0.5) is 0 Å². The molecule has 1 fully saturated rings. The second-order valence-electron chi connectivity index (χ2n) is 6.20. The van der Waals surface area contributed by atoms with Crippen molar-refractivity contribution in [3.05, 3.63) is 41.4 Å². The monoisotopic (exact) mass is 369 g/mol. The van der Waals surface area contributed by atoms with Gasteiger partial charge in [-0.1, -0.05) is 0 Å². The van der Waals surface area contributed by atoms with E-state index in [1.807, 2.05) is 29.8 Å². The zero-order valence-electron chi connectivity index (χ0n) is 14.5. The summed E-state index contributed by atoms with van der Waals surface area (Å²) in [5.41, 5.74) is 3.95. The number of hydrogen-bond donors (Lipinski definition) is 0. The lowest BCUT2D eigenvalue weighted by Gasteiger charge is -2.26. The molecule has 0 unspecified atom stereocenters. The molecule has 0 spiro atoms. The summed E-state index contributed by atoms with van der Waals surface area (Å²) in [5.74, 6) is 0.664. The fraction of sp³-hybridized carbons (Fsp3) is 0.316. The lowest BCUT2D eigenvalue weighted by molar-refractivity contribution is -0.137. The van der Waals surface area contributed by atoms with Crippen LogP contribution in [-0.2, 0) is 9.53 Å². The van der Waals surface area contributed by atoms with Crippen LogP contribution in [0.3, 0.4) is 0 Å². The van der Waals surface area contributed by atoms with Gasteiger partial charge in [0.1, 0.15) is 5.75 Å². The summed E-state index contributed by atoms with van der Waals surface area (Å²) < 4.78 is 15.1. The molecule has 3 aromatic rings. The summed E-state index contributed by atoms with van der Waals surface area (Å²) in [5, 5.41) is 3.01. The fourth-order valence-corrected chi connectivity index (χ4v) is 3.52. The first-order valence-corrected chi connectivity index (χ1v) is 9.34. The van der Waals surface area contributed by atoms with Gasteiger partial charge < -0.3 is 14.4 Å². The predicted molar refractivity (Wildman–Crippen MR) is 100 cm³/mol. The first-order valence-electron chi connectivity index (χ1n) is 8.50. The Kier molecular flexibility index (Phi) is 4.81. The van der Waals surface area contributed by atoms with Crippen LogP contribution >= 0.6 is 11.5 Å². The van der Waals surface area contributed by atoms with Gasteiger partial charge in [0.15, 0.2) is 6.61 Å². The molecule has 0 N–H and O–H groups in total. The number of aromatic nitrogens is 2. The molecular formula is C19H19N3O3S. The number of morpholine rings is 1. The molecule has 0 aliphatic carbocycles. The minimum Gasteiger partial charge on any atom is -0.484 e. The van der Waals surface area contributed by atoms with E-state index in [0.717, 1.165) is 27.7 Å². The summed E-state index contributed by atoms with van der Waals surface area (Å²) in [7, 11) is 0. The van der Waals surface area contributed by atoms with Crippen molar-refractivity contribution >= 4 is 28.3 Å². The Morgan fingerprint density at radius 3 is 2.92 bits per heavy atom. The highest BCUT2D eigenvalue weighted by Gasteiger charge is 2.17. The van der Waals surface area contributed by atoms with Crippen LogP contribution in [0.5, 0.6) is 5.75 Å². The van der Waals surface area contributed by atoms with Gasteiger partial charge in [-0.15, -0.1) is 0 Å². The van der Waals surface area contributed by atoms with Crippen LogP contribution in [-0.4, -0.2) is 53.1 Å². The van der Waals surface area contributed by atoms with E-state index in [2.05, 4.69) is 17.4 Å². The van der Waals surface area contributed by atoms with Gasteiger partial charge in [-0.2, -0.15) is 0 Å². The Bertz CT molecular complexity index is 921. The SMILES string of the molecule is Cc1cc(-c2cnsc2)nc2ccc(OCC(=O)N3CCOCC3)cc12. The molecule has 0 bridgehead atoms. The Labute approximate surface area is 155 Å². The number of pyridine rings is 1. The molecule has 1 saturated heterocycles. The molecule has 26 heavy (non-hydrogen) atoms. The van der Waals surface area contributed by atoms with Crippen molar-refractivity contribution in [3.8, 4) is 17.0 Å². The first kappa shape index (κ1) is 16.9. The normalized spacial score (nSPS) is 14.6. The zero-order valence-corrected chi connectivity index (χ0v) is 15.3. The van der Waals surface area contributed by atoms with E-state index in [1.165, 1.54) is 11.5 Å². The average molecular weight is 369 g/mol. The van der Waals surface area contributed by atoms with E-state index < -0.39 is 0 Å². The predicted octanol–water partition coefficient (Wildman–Crippen LogP) is 2.90. The van der Waals surface area contributed by atoms with E-state index in [4.69, 9.17) is 14.5 Å². The molecule has 0 saturated carbocycles. The number of carbonyl (C=O) groups excluding carboxylic acids is 1. The van der Waals surface area contributed by atoms with Gasteiger partial charge in [-0.3, -0.25) is 4.79 Å². The van der Waals surface area contributed by atoms with Crippen LogP contribution in [0.2, 0.25) is 0 Å². The number of benzene rings is 1. The van der Waals surface area contributed by atoms with E-state index in [-0.39, 0.29) is 12.5 Å². The lowest BCUT2D eigenvalue weighted by Crippen LogP contribution is -2.42. The van der Waals surface area contributed by atoms with Crippen molar-refractivity contribution in [2.75, 3.05) is 32.9 Å². The molecule has 7 heteroatoms. The van der Waals surface area contributed by atoms with E-state index >= 15 is 0 Å². The van der Waals surface area contributed by atoms with Gasteiger partial charge in [0.2, 0.25) is 0 Å². The molecule has 0 atom stereocenters. The van der Waals surface area contributed by atoms with Crippen molar-refractivity contribution in [2.45, 2.75) is 6.92 Å². The van der Waals surface area contributed by atoms with Gasteiger partial charge in [0, 0.05) is 29.4 Å². The summed E-state index contributed by atoms with van der Waals surface area (Å²) in [6.07, 6.45) is 1.83. The minimum absolute atomic E-state index is 0.0106. The smallest absolute Gasteiger partial charge is 0.260 e. The highest BCUT2D eigenvalue weighted by atomic mass is 32.1. The first-order chi connectivity index (χ1) is 12.7. The maximum atomic E-state index is 12.2. The number of nitrogens with zero attached hydrogens (tertiary/aromatic N) is 3. The topological polar surface area (TPSA) is 64.6 Å². The Balaban J connectivity index is 1.51. The second-order valence-corrected chi connectivity index (χ2v) is 6.86. The van der Waals surface area contributed by atoms with Gasteiger partial charge in [0.05, 0.1) is 30.6 Å². The van der Waals surface area contributed by atoms with Gasteiger partial charge >= 0.3 is 0 Å². The standard InChI is InChI=1S/C19H19N3O3S/c1-13-8-18(14-10-20-26-12-14)21-17-3-2-15(9-16(13)17)25-11-19(23)22-4-6-24-7-5-22/h2-3,8-10,12H,4-7,11H2,1H3. The zero-order chi connectivity index (χ0) is 17.9. The molecule has 134 valence electrons. The summed E-state index contributed by atoms with van der Waals surface area (Å²) >= 11 is 1.42. The third-order valence-corrected chi connectivity index (χ3v) is 5.03. The van der Waals surface area contributed by atoms with Gasteiger partial charge in [-0.05, 0) is 48.3 Å². The van der Waals surface area contributed by atoms with E-state index in [1.54, 1.807) is 4.90 Å². The summed E-state index contributed by atoms with van der Waals surface area (Å²) in [6.45, 7) is 4.53. The molecule has 1 aliphatic heterocycles.